The molecule has 1 aromatic carbocycles. The molecule has 0 aromatic heterocycles. The van der Waals surface area contributed by atoms with Gasteiger partial charge in [-0.05, 0) is 31.0 Å². The normalized spacial score (nSPS) is 13.0. The second-order valence-electron chi connectivity index (χ2n) is 2.93. The largest absolute Gasteiger partial charge is 0.393 e. The van der Waals surface area contributed by atoms with Crippen LogP contribution in [0.15, 0.2) is 12.1 Å². The molecule has 1 N–H and O–H groups in total. The molecule has 0 saturated heterocycles. The summed E-state index contributed by atoms with van der Waals surface area (Å²) < 4.78 is 37.6. The lowest BCUT2D eigenvalue weighted by Crippen LogP contribution is -2.05. The second-order valence-corrected chi connectivity index (χ2v) is 2.93. The van der Waals surface area contributed by atoms with E-state index in [-0.39, 0.29) is 12.0 Å². The predicted octanol–water partition coefficient (Wildman–Crippen LogP) is 2.03. The maximum absolute atomic E-state index is 12.6. The van der Waals surface area contributed by atoms with Crippen LogP contribution in [0.1, 0.15) is 12.5 Å². The van der Waals surface area contributed by atoms with Crippen molar-refractivity contribution in [2.75, 3.05) is 0 Å². The highest BCUT2D eigenvalue weighted by molar-refractivity contribution is 5.19. The Morgan fingerprint density at radius 2 is 1.69 bits per heavy atom. The second kappa shape index (κ2) is 3.79. The summed E-state index contributed by atoms with van der Waals surface area (Å²) in [5.74, 6) is -3.93. The lowest BCUT2D eigenvalue weighted by atomic mass is 10.1. The van der Waals surface area contributed by atoms with E-state index in [4.69, 9.17) is 5.11 Å². The molecule has 4 heteroatoms. The van der Waals surface area contributed by atoms with Crippen LogP contribution >= 0.6 is 0 Å². The van der Waals surface area contributed by atoms with E-state index in [9.17, 15) is 13.2 Å². The molecule has 0 amide bonds. The lowest BCUT2D eigenvalue weighted by Gasteiger charge is -2.05. The molecule has 0 spiro atoms. The molecular weight excluding hydrogens is 181 g/mol. The first-order chi connectivity index (χ1) is 6.00. The highest BCUT2D eigenvalue weighted by atomic mass is 19.2. The number of hydrogen-bond acceptors (Lipinski definition) is 1. The standard InChI is InChI=1S/C9H9F3O/c1-5(13)2-6-3-7(10)9(12)8(11)4-6/h3-5,13H,2H2,1H3. The fraction of sp³-hybridized carbons (Fsp3) is 0.333. The Bertz CT molecular complexity index is 287. The van der Waals surface area contributed by atoms with Gasteiger partial charge in [0.15, 0.2) is 17.5 Å². The van der Waals surface area contributed by atoms with Crippen molar-refractivity contribution in [3.8, 4) is 0 Å². The van der Waals surface area contributed by atoms with Gasteiger partial charge in [0.1, 0.15) is 0 Å². The Morgan fingerprint density at radius 1 is 1.23 bits per heavy atom. The molecule has 1 aromatic rings. The number of aliphatic hydroxyl groups is 1. The zero-order chi connectivity index (χ0) is 10.0. The molecule has 0 bridgehead atoms. The van der Waals surface area contributed by atoms with Crippen molar-refractivity contribution in [3.63, 3.8) is 0 Å². The molecule has 0 heterocycles. The van der Waals surface area contributed by atoms with Gasteiger partial charge in [-0.1, -0.05) is 0 Å². The number of hydrogen-bond donors (Lipinski definition) is 1. The Hall–Kier alpha value is -1.03. The first-order valence-corrected chi connectivity index (χ1v) is 3.82. The predicted molar refractivity (Wildman–Crippen MR) is 41.7 cm³/mol. The number of halogens is 3. The topological polar surface area (TPSA) is 20.2 Å². The lowest BCUT2D eigenvalue weighted by molar-refractivity contribution is 0.195. The van der Waals surface area contributed by atoms with E-state index in [0.717, 1.165) is 12.1 Å². The summed E-state index contributed by atoms with van der Waals surface area (Å²) in [4.78, 5) is 0. The van der Waals surface area contributed by atoms with Gasteiger partial charge in [0.05, 0.1) is 6.10 Å². The maximum atomic E-state index is 12.6. The summed E-state index contributed by atoms with van der Waals surface area (Å²) in [5.41, 5.74) is 0.242. The first kappa shape index (κ1) is 10.1. The Kier molecular flexibility index (Phi) is 2.93. The molecule has 0 radical (unpaired) electrons. The van der Waals surface area contributed by atoms with Gasteiger partial charge in [0.2, 0.25) is 0 Å². The van der Waals surface area contributed by atoms with Crippen LogP contribution in [0.25, 0.3) is 0 Å². The van der Waals surface area contributed by atoms with E-state index < -0.39 is 23.6 Å². The molecule has 0 aliphatic carbocycles. The molecule has 0 aliphatic rings. The fourth-order valence-electron chi connectivity index (χ4n) is 1.07. The average Bonchev–Trinajstić information content (AvgIpc) is 1.98. The third-order valence-electron chi connectivity index (χ3n) is 1.57. The van der Waals surface area contributed by atoms with Crippen LogP contribution in [0.5, 0.6) is 0 Å². The van der Waals surface area contributed by atoms with Crippen molar-refractivity contribution in [1.82, 2.24) is 0 Å². The minimum atomic E-state index is -1.48. The van der Waals surface area contributed by atoms with Crippen molar-refractivity contribution in [2.24, 2.45) is 0 Å². The number of rotatable bonds is 2. The maximum Gasteiger partial charge on any atom is 0.194 e. The van der Waals surface area contributed by atoms with Crippen LogP contribution in [-0.4, -0.2) is 11.2 Å². The van der Waals surface area contributed by atoms with E-state index in [0.29, 0.717) is 0 Å². The van der Waals surface area contributed by atoms with Gasteiger partial charge < -0.3 is 5.11 Å². The molecule has 72 valence electrons. The van der Waals surface area contributed by atoms with Crippen LogP contribution < -0.4 is 0 Å². The minimum absolute atomic E-state index is 0.105. The molecule has 13 heavy (non-hydrogen) atoms. The van der Waals surface area contributed by atoms with Crippen molar-refractivity contribution >= 4 is 0 Å². The summed E-state index contributed by atoms with van der Waals surface area (Å²) in [6.45, 7) is 1.49. The van der Waals surface area contributed by atoms with Crippen LogP contribution in [0.3, 0.4) is 0 Å². The van der Waals surface area contributed by atoms with E-state index in [1.165, 1.54) is 6.92 Å². The molecular formula is C9H9F3O. The molecule has 1 rings (SSSR count). The minimum Gasteiger partial charge on any atom is -0.393 e. The van der Waals surface area contributed by atoms with Gasteiger partial charge in [-0.2, -0.15) is 0 Å². The van der Waals surface area contributed by atoms with Crippen molar-refractivity contribution < 1.29 is 18.3 Å². The van der Waals surface area contributed by atoms with Crippen LogP contribution in [0.4, 0.5) is 13.2 Å². The van der Waals surface area contributed by atoms with E-state index >= 15 is 0 Å². The third kappa shape index (κ3) is 2.45. The van der Waals surface area contributed by atoms with Crippen LogP contribution in [0, 0.1) is 17.5 Å². The zero-order valence-corrected chi connectivity index (χ0v) is 7.02. The van der Waals surface area contributed by atoms with Gasteiger partial charge in [-0.25, -0.2) is 13.2 Å². The molecule has 0 fully saturated rings. The van der Waals surface area contributed by atoms with Crippen molar-refractivity contribution in [3.05, 3.63) is 35.1 Å². The molecule has 0 aliphatic heterocycles. The third-order valence-corrected chi connectivity index (χ3v) is 1.57. The smallest absolute Gasteiger partial charge is 0.194 e. The van der Waals surface area contributed by atoms with E-state index in [2.05, 4.69) is 0 Å². The molecule has 1 atom stereocenters. The van der Waals surface area contributed by atoms with Gasteiger partial charge in [0.25, 0.3) is 0 Å². The van der Waals surface area contributed by atoms with Gasteiger partial charge >= 0.3 is 0 Å². The van der Waals surface area contributed by atoms with Crippen LogP contribution in [0.2, 0.25) is 0 Å². The Morgan fingerprint density at radius 3 is 2.08 bits per heavy atom. The summed E-state index contributed by atoms with van der Waals surface area (Å²) in [6, 6.07) is 1.76. The summed E-state index contributed by atoms with van der Waals surface area (Å²) in [6.07, 6.45) is -0.599. The highest BCUT2D eigenvalue weighted by Gasteiger charge is 2.11. The van der Waals surface area contributed by atoms with E-state index in [1.807, 2.05) is 0 Å². The van der Waals surface area contributed by atoms with Crippen molar-refractivity contribution in [2.45, 2.75) is 19.4 Å². The Labute approximate surface area is 73.8 Å². The number of benzene rings is 1. The first-order valence-electron chi connectivity index (χ1n) is 3.82. The molecule has 1 nitrogen and oxygen atoms in total. The average molecular weight is 190 g/mol. The molecule has 1 unspecified atom stereocenters. The van der Waals surface area contributed by atoms with E-state index in [1.54, 1.807) is 0 Å². The van der Waals surface area contributed by atoms with Gasteiger partial charge in [-0.3, -0.25) is 0 Å². The molecule has 0 saturated carbocycles. The van der Waals surface area contributed by atoms with Crippen LogP contribution in [-0.2, 0) is 6.42 Å². The summed E-state index contributed by atoms with van der Waals surface area (Å²) in [7, 11) is 0. The quantitative estimate of drug-likeness (QED) is 0.707. The van der Waals surface area contributed by atoms with Gasteiger partial charge in [-0.15, -0.1) is 0 Å². The van der Waals surface area contributed by atoms with Gasteiger partial charge in [0, 0.05) is 0 Å². The zero-order valence-electron chi connectivity index (χ0n) is 7.02. The Balaban J connectivity index is 2.99. The number of aliphatic hydroxyl groups excluding tert-OH is 1. The van der Waals surface area contributed by atoms with Crippen molar-refractivity contribution in [1.29, 1.82) is 0 Å². The highest BCUT2D eigenvalue weighted by Crippen LogP contribution is 2.14. The SMILES string of the molecule is CC(O)Cc1cc(F)c(F)c(F)c1. The fourth-order valence-corrected chi connectivity index (χ4v) is 1.07. The monoisotopic (exact) mass is 190 g/mol. The summed E-state index contributed by atoms with van der Waals surface area (Å²) in [5, 5.41) is 8.92. The summed E-state index contributed by atoms with van der Waals surface area (Å²) >= 11 is 0.